The predicted octanol–water partition coefficient (Wildman–Crippen LogP) is 13.2. The molecular weight excluding hydrogens is 677 g/mol. The Labute approximate surface area is 315 Å². The first kappa shape index (κ1) is 30.7. The molecule has 3 heterocycles. The Bertz CT molecular complexity index is 3140. The maximum atomic E-state index is 5.28. The molecule has 0 unspecified atom stereocenters. The topological polar surface area (TPSA) is 43.6 Å². The van der Waals surface area contributed by atoms with Gasteiger partial charge in [-0.2, -0.15) is 9.97 Å². The molecular formula is C49H30N4S. The summed E-state index contributed by atoms with van der Waals surface area (Å²) in [5.41, 5.74) is 8.65. The van der Waals surface area contributed by atoms with Gasteiger partial charge in [0.25, 0.3) is 0 Å². The number of thiophene rings is 1. The number of aromatic nitrogens is 4. The van der Waals surface area contributed by atoms with Crippen molar-refractivity contribution in [1.82, 2.24) is 19.5 Å². The van der Waals surface area contributed by atoms with E-state index in [2.05, 4.69) is 150 Å². The van der Waals surface area contributed by atoms with Gasteiger partial charge >= 0.3 is 0 Å². The Morgan fingerprint density at radius 3 is 1.67 bits per heavy atom. The molecule has 0 bridgehead atoms. The van der Waals surface area contributed by atoms with Crippen molar-refractivity contribution in [3.8, 4) is 51.0 Å². The van der Waals surface area contributed by atoms with Crippen LogP contribution in [0.3, 0.4) is 0 Å². The highest BCUT2D eigenvalue weighted by Crippen LogP contribution is 2.44. The Balaban J connectivity index is 1.27. The van der Waals surface area contributed by atoms with Crippen molar-refractivity contribution in [2.75, 3.05) is 0 Å². The van der Waals surface area contributed by atoms with E-state index in [4.69, 9.17) is 15.0 Å². The number of fused-ring (bicyclic) bond motifs is 8. The monoisotopic (exact) mass is 706 g/mol. The zero-order valence-electron chi connectivity index (χ0n) is 29.0. The maximum Gasteiger partial charge on any atom is 0.238 e. The fraction of sp³-hybridized carbons (Fsp3) is 0. The lowest BCUT2D eigenvalue weighted by molar-refractivity contribution is 0.954. The van der Waals surface area contributed by atoms with E-state index in [0.29, 0.717) is 17.6 Å². The highest BCUT2D eigenvalue weighted by atomic mass is 32.1. The average Bonchev–Trinajstić information content (AvgIpc) is 3.80. The standard InChI is InChI=1S/C49H30N4S/c1-4-15-31(16-5-1)41-30-43-45(38-23-11-10-21-36(38)41)40-28-27-34(35-24-14-25-39-37-22-12-13-26-44(37)54-46(35)39)29-42(40)53(43)49-51-47(32-17-6-2-7-18-32)50-48(52-49)33-19-8-3-9-20-33/h1-30H. The third kappa shape index (κ3) is 4.86. The minimum Gasteiger partial charge on any atom is -0.278 e. The summed E-state index contributed by atoms with van der Waals surface area (Å²) in [7, 11) is 0. The van der Waals surface area contributed by atoms with Gasteiger partial charge in [0.2, 0.25) is 5.95 Å². The second kappa shape index (κ2) is 12.3. The van der Waals surface area contributed by atoms with E-state index in [9.17, 15) is 0 Å². The lowest BCUT2D eigenvalue weighted by Crippen LogP contribution is -2.06. The highest BCUT2D eigenvalue weighted by Gasteiger charge is 2.22. The number of nitrogens with zero attached hydrogens (tertiary/aromatic N) is 4. The predicted molar refractivity (Wildman–Crippen MR) is 226 cm³/mol. The van der Waals surface area contributed by atoms with Crippen molar-refractivity contribution in [3.05, 3.63) is 182 Å². The molecule has 0 amide bonds. The Morgan fingerprint density at radius 2 is 0.963 bits per heavy atom. The molecule has 8 aromatic carbocycles. The number of hydrogen-bond donors (Lipinski definition) is 0. The summed E-state index contributed by atoms with van der Waals surface area (Å²) in [6.45, 7) is 0. The second-order valence-corrected chi connectivity index (χ2v) is 14.6. The fourth-order valence-electron chi connectivity index (χ4n) is 7.99. The lowest BCUT2D eigenvalue weighted by Gasteiger charge is -2.13. The summed E-state index contributed by atoms with van der Waals surface area (Å²) in [4.78, 5) is 15.6. The van der Waals surface area contributed by atoms with Crippen LogP contribution in [0.4, 0.5) is 0 Å². The van der Waals surface area contributed by atoms with Gasteiger partial charge in [-0.05, 0) is 51.2 Å². The number of rotatable bonds is 5. The van der Waals surface area contributed by atoms with Crippen LogP contribution < -0.4 is 0 Å². The third-order valence-corrected chi connectivity index (χ3v) is 11.7. The average molecular weight is 707 g/mol. The van der Waals surface area contributed by atoms with Gasteiger partial charge in [-0.15, -0.1) is 11.3 Å². The Kier molecular flexibility index (Phi) is 7.00. The molecule has 252 valence electrons. The smallest absolute Gasteiger partial charge is 0.238 e. The van der Waals surface area contributed by atoms with Crippen LogP contribution in [0, 0.1) is 0 Å². The van der Waals surface area contributed by atoms with Gasteiger partial charge in [-0.1, -0.05) is 164 Å². The second-order valence-electron chi connectivity index (χ2n) is 13.6. The van der Waals surface area contributed by atoms with Crippen molar-refractivity contribution >= 4 is 64.1 Å². The van der Waals surface area contributed by atoms with Gasteiger partial charge in [0.1, 0.15) is 0 Å². The van der Waals surface area contributed by atoms with E-state index < -0.39 is 0 Å². The van der Waals surface area contributed by atoms with E-state index >= 15 is 0 Å². The first-order valence-electron chi connectivity index (χ1n) is 18.1. The summed E-state index contributed by atoms with van der Waals surface area (Å²) in [5.74, 6) is 1.84. The number of hydrogen-bond acceptors (Lipinski definition) is 4. The van der Waals surface area contributed by atoms with E-state index in [-0.39, 0.29) is 0 Å². The summed E-state index contributed by atoms with van der Waals surface area (Å²) < 4.78 is 4.84. The van der Waals surface area contributed by atoms with Gasteiger partial charge in [0, 0.05) is 42.1 Å². The van der Waals surface area contributed by atoms with Gasteiger partial charge in [-0.25, -0.2) is 4.98 Å². The molecule has 0 spiro atoms. The summed E-state index contributed by atoms with van der Waals surface area (Å²) in [6.07, 6.45) is 0. The Hall–Kier alpha value is -6.95. The fourth-order valence-corrected chi connectivity index (χ4v) is 9.23. The van der Waals surface area contributed by atoms with E-state index in [1.165, 1.54) is 47.5 Å². The molecule has 0 saturated carbocycles. The van der Waals surface area contributed by atoms with Crippen LogP contribution in [0.5, 0.6) is 0 Å². The van der Waals surface area contributed by atoms with Crippen LogP contribution in [-0.4, -0.2) is 19.5 Å². The van der Waals surface area contributed by atoms with Gasteiger partial charge in [-0.3, -0.25) is 4.57 Å². The molecule has 0 fully saturated rings. The molecule has 0 atom stereocenters. The van der Waals surface area contributed by atoms with Crippen molar-refractivity contribution in [3.63, 3.8) is 0 Å². The highest BCUT2D eigenvalue weighted by molar-refractivity contribution is 7.26. The first-order chi connectivity index (χ1) is 26.8. The van der Waals surface area contributed by atoms with Gasteiger partial charge in [0.15, 0.2) is 11.6 Å². The summed E-state index contributed by atoms with van der Waals surface area (Å²) in [5, 5.41) is 7.30. The minimum absolute atomic E-state index is 0.578. The van der Waals surface area contributed by atoms with E-state index in [1.807, 2.05) is 47.7 Å². The molecule has 54 heavy (non-hydrogen) atoms. The zero-order valence-corrected chi connectivity index (χ0v) is 29.8. The van der Waals surface area contributed by atoms with Crippen LogP contribution in [-0.2, 0) is 0 Å². The number of benzene rings is 8. The van der Waals surface area contributed by atoms with Crippen molar-refractivity contribution in [1.29, 1.82) is 0 Å². The van der Waals surface area contributed by atoms with Crippen LogP contribution >= 0.6 is 11.3 Å². The van der Waals surface area contributed by atoms with Crippen LogP contribution in [0.25, 0.3) is 104 Å². The summed E-state index contributed by atoms with van der Waals surface area (Å²) in [6, 6.07) is 64.4. The molecule has 0 aliphatic carbocycles. The van der Waals surface area contributed by atoms with Gasteiger partial charge in [0.05, 0.1) is 11.0 Å². The molecule has 4 nitrogen and oxygen atoms in total. The van der Waals surface area contributed by atoms with Crippen molar-refractivity contribution in [2.45, 2.75) is 0 Å². The molecule has 11 aromatic rings. The molecule has 0 radical (unpaired) electrons. The van der Waals surface area contributed by atoms with Crippen molar-refractivity contribution < 1.29 is 0 Å². The van der Waals surface area contributed by atoms with Gasteiger partial charge < -0.3 is 0 Å². The quantitative estimate of drug-likeness (QED) is 0.179. The van der Waals surface area contributed by atoms with E-state index in [0.717, 1.165) is 38.7 Å². The molecule has 0 saturated heterocycles. The zero-order chi connectivity index (χ0) is 35.6. The molecule has 0 N–H and O–H groups in total. The molecule has 11 rings (SSSR count). The van der Waals surface area contributed by atoms with Crippen LogP contribution in [0.15, 0.2) is 182 Å². The molecule has 3 aromatic heterocycles. The van der Waals surface area contributed by atoms with E-state index in [1.54, 1.807) is 0 Å². The first-order valence-corrected chi connectivity index (χ1v) is 18.9. The largest absolute Gasteiger partial charge is 0.278 e. The van der Waals surface area contributed by atoms with Crippen LogP contribution in [0.1, 0.15) is 0 Å². The molecule has 0 aliphatic heterocycles. The lowest BCUT2D eigenvalue weighted by atomic mass is 9.94. The third-order valence-electron chi connectivity index (χ3n) is 10.5. The molecule has 0 aliphatic rings. The van der Waals surface area contributed by atoms with Crippen LogP contribution in [0.2, 0.25) is 0 Å². The molecule has 5 heteroatoms. The summed E-state index contributed by atoms with van der Waals surface area (Å²) >= 11 is 1.85. The normalized spacial score (nSPS) is 11.7. The van der Waals surface area contributed by atoms with Crippen molar-refractivity contribution in [2.24, 2.45) is 0 Å². The Morgan fingerprint density at radius 1 is 0.370 bits per heavy atom. The maximum absolute atomic E-state index is 5.28. The SMILES string of the molecule is c1ccc(-c2nc(-c3ccccc3)nc(-n3c4cc(-c5cccc6c5sc5ccccc56)ccc4c4c5ccccc5c(-c5ccccc5)cc43)n2)cc1. The minimum atomic E-state index is 0.578.